The third kappa shape index (κ3) is 5.35. The summed E-state index contributed by atoms with van der Waals surface area (Å²) in [6.45, 7) is 4.39. The zero-order valence-corrected chi connectivity index (χ0v) is 15.7. The molecule has 0 atom stereocenters. The van der Waals surface area contributed by atoms with Gasteiger partial charge in [-0.25, -0.2) is 9.78 Å². The van der Waals surface area contributed by atoms with E-state index in [0.717, 1.165) is 32.4 Å². The third-order valence-electron chi connectivity index (χ3n) is 5.25. The summed E-state index contributed by atoms with van der Waals surface area (Å²) in [5.41, 5.74) is 2.45. The molecule has 0 aliphatic heterocycles. The second-order valence-electron chi connectivity index (χ2n) is 7.29. The maximum absolute atomic E-state index is 12.9. The molecule has 1 fully saturated rings. The van der Waals surface area contributed by atoms with Crippen molar-refractivity contribution in [1.29, 1.82) is 0 Å². The van der Waals surface area contributed by atoms with E-state index in [1.165, 1.54) is 30.4 Å². The van der Waals surface area contributed by atoms with Crippen molar-refractivity contribution in [1.82, 2.24) is 19.8 Å². The summed E-state index contributed by atoms with van der Waals surface area (Å²) >= 11 is 0. The quantitative estimate of drug-likeness (QED) is 0.813. The van der Waals surface area contributed by atoms with E-state index in [9.17, 15) is 4.79 Å². The molecule has 1 aliphatic rings. The first kappa shape index (κ1) is 18.5. The Labute approximate surface area is 156 Å². The van der Waals surface area contributed by atoms with Crippen LogP contribution >= 0.6 is 0 Å². The van der Waals surface area contributed by atoms with Gasteiger partial charge in [0.15, 0.2) is 0 Å². The van der Waals surface area contributed by atoms with Gasteiger partial charge in [-0.15, -0.1) is 0 Å². The number of carbonyl (C=O) groups is 1. The molecular formula is C21H30N4O. The van der Waals surface area contributed by atoms with E-state index >= 15 is 0 Å². The number of urea groups is 1. The predicted molar refractivity (Wildman–Crippen MR) is 104 cm³/mol. The number of nitrogens with zero attached hydrogens (tertiary/aromatic N) is 3. The predicted octanol–water partition coefficient (Wildman–Crippen LogP) is 4.13. The van der Waals surface area contributed by atoms with Crippen LogP contribution in [0.15, 0.2) is 43.0 Å². The number of aromatic nitrogens is 2. The first-order chi connectivity index (χ1) is 12.7. The lowest BCUT2D eigenvalue weighted by Gasteiger charge is -2.29. The summed E-state index contributed by atoms with van der Waals surface area (Å²) in [6.07, 6.45) is 12.5. The Hall–Kier alpha value is -2.30. The van der Waals surface area contributed by atoms with Crippen LogP contribution in [0, 0.1) is 6.92 Å². The minimum absolute atomic E-state index is 0.0748. The maximum Gasteiger partial charge on any atom is 0.317 e. The molecule has 26 heavy (non-hydrogen) atoms. The number of hydrogen-bond acceptors (Lipinski definition) is 2. The number of carbonyl (C=O) groups excluding carboxylic acids is 1. The molecule has 3 rings (SSSR count). The summed E-state index contributed by atoms with van der Waals surface area (Å²) in [5.74, 6) is 0. The fourth-order valence-corrected chi connectivity index (χ4v) is 3.62. The van der Waals surface area contributed by atoms with Gasteiger partial charge in [-0.05, 0) is 37.3 Å². The first-order valence-corrected chi connectivity index (χ1v) is 9.78. The van der Waals surface area contributed by atoms with Gasteiger partial charge in [0, 0.05) is 38.1 Å². The Bertz CT molecular complexity index is 677. The van der Waals surface area contributed by atoms with Crippen molar-refractivity contribution in [2.45, 2.75) is 64.6 Å². The van der Waals surface area contributed by atoms with E-state index in [1.54, 1.807) is 6.20 Å². The Morgan fingerprint density at radius 1 is 1.27 bits per heavy atom. The lowest BCUT2D eigenvalue weighted by molar-refractivity contribution is 0.185. The summed E-state index contributed by atoms with van der Waals surface area (Å²) < 4.78 is 2.06. The van der Waals surface area contributed by atoms with E-state index in [0.29, 0.717) is 12.6 Å². The number of aryl methyl sites for hydroxylation is 2. The molecule has 1 saturated carbocycles. The maximum atomic E-state index is 12.9. The van der Waals surface area contributed by atoms with Crippen molar-refractivity contribution in [2.75, 3.05) is 6.54 Å². The molecule has 0 radical (unpaired) electrons. The smallest absolute Gasteiger partial charge is 0.317 e. The molecule has 1 aliphatic carbocycles. The van der Waals surface area contributed by atoms with E-state index in [4.69, 9.17) is 0 Å². The number of nitrogens with one attached hydrogen (secondary N) is 1. The monoisotopic (exact) mass is 354 g/mol. The molecule has 5 heteroatoms. The van der Waals surface area contributed by atoms with Crippen LogP contribution in [0.3, 0.4) is 0 Å². The van der Waals surface area contributed by atoms with Crippen LogP contribution in [0.2, 0.25) is 0 Å². The van der Waals surface area contributed by atoms with Crippen molar-refractivity contribution < 1.29 is 4.79 Å². The van der Waals surface area contributed by atoms with Gasteiger partial charge < -0.3 is 14.8 Å². The molecule has 1 aromatic carbocycles. The molecule has 1 heterocycles. The van der Waals surface area contributed by atoms with Crippen LogP contribution in [-0.4, -0.2) is 33.1 Å². The average Bonchev–Trinajstić information content (AvgIpc) is 3.17. The van der Waals surface area contributed by atoms with Crippen molar-refractivity contribution in [3.8, 4) is 0 Å². The van der Waals surface area contributed by atoms with Gasteiger partial charge in [0.2, 0.25) is 0 Å². The lowest BCUT2D eigenvalue weighted by Crippen LogP contribution is -2.45. The highest BCUT2D eigenvalue weighted by Gasteiger charge is 2.20. The van der Waals surface area contributed by atoms with E-state index < -0.39 is 0 Å². The molecular weight excluding hydrogens is 324 g/mol. The van der Waals surface area contributed by atoms with Gasteiger partial charge in [-0.3, -0.25) is 0 Å². The van der Waals surface area contributed by atoms with E-state index in [-0.39, 0.29) is 6.03 Å². The molecule has 0 saturated heterocycles. The fraction of sp³-hybridized carbons (Fsp3) is 0.524. The number of hydrogen-bond donors (Lipinski definition) is 1. The highest BCUT2D eigenvalue weighted by Crippen LogP contribution is 2.18. The topological polar surface area (TPSA) is 50.2 Å². The number of imidazole rings is 1. The van der Waals surface area contributed by atoms with E-state index in [2.05, 4.69) is 33.9 Å². The summed E-state index contributed by atoms with van der Waals surface area (Å²) in [4.78, 5) is 19.0. The lowest BCUT2D eigenvalue weighted by atomic mass is 9.96. The Morgan fingerprint density at radius 3 is 2.81 bits per heavy atom. The zero-order chi connectivity index (χ0) is 18.2. The fourth-order valence-electron chi connectivity index (χ4n) is 3.62. The minimum Gasteiger partial charge on any atom is -0.337 e. The van der Waals surface area contributed by atoms with Crippen molar-refractivity contribution in [2.24, 2.45) is 0 Å². The third-order valence-corrected chi connectivity index (χ3v) is 5.25. The van der Waals surface area contributed by atoms with Gasteiger partial charge in [0.1, 0.15) is 0 Å². The molecule has 140 valence electrons. The van der Waals surface area contributed by atoms with Gasteiger partial charge in [-0.1, -0.05) is 43.5 Å². The van der Waals surface area contributed by atoms with Crippen molar-refractivity contribution in [3.63, 3.8) is 0 Å². The standard InChI is InChI=1S/C21H30N4O/c1-18-8-5-6-9-19(18)16-25(14-7-13-24-15-12-22-17-24)21(26)23-20-10-3-2-4-11-20/h5-6,8-9,12,15,17,20H,2-4,7,10-11,13-14,16H2,1H3,(H,23,26). The van der Waals surface area contributed by atoms with Gasteiger partial charge >= 0.3 is 6.03 Å². The highest BCUT2D eigenvalue weighted by molar-refractivity contribution is 5.74. The van der Waals surface area contributed by atoms with Crippen LogP contribution in [0.25, 0.3) is 0 Å². The molecule has 0 unspecified atom stereocenters. The van der Waals surface area contributed by atoms with Gasteiger partial charge in [0.25, 0.3) is 0 Å². The van der Waals surface area contributed by atoms with Crippen molar-refractivity contribution >= 4 is 6.03 Å². The van der Waals surface area contributed by atoms with Crippen LogP contribution < -0.4 is 5.32 Å². The highest BCUT2D eigenvalue weighted by atomic mass is 16.2. The molecule has 2 aromatic rings. The number of benzene rings is 1. The Kier molecular flexibility index (Phi) is 6.69. The summed E-state index contributed by atoms with van der Waals surface area (Å²) in [6, 6.07) is 8.73. The summed E-state index contributed by atoms with van der Waals surface area (Å²) in [5, 5.41) is 3.27. The normalized spacial score (nSPS) is 15.0. The Morgan fingerprint density at radius 2 is 2.08 bits per heavy atom. The zero-order valence-electron chi connectivity index (χ0n) is 15.7. The second-order valence-corrected chi connectivity index (χ2v) is 7.29. The minimum atomic E-state index is 0.0748. The van der Waals surface area contributed by atoms with Crippen LogP contribution in [0.4, 0.5) is 4.79 Å². The van der Waals surface area contributed by atoms with Crippen LogP contribution in [-0.2, 0) is 13.1 Å². The molecule has 2 amide bonds. The molecule has 1 N–H and O–H groups in total. The molecule has 0 bridgehead atoms. The number of rotatable bonds is 7. The largest absolute Gasteiger partial charge is 0.337 e. The Balaban J connectivity index is 1.61. The van der Waals surface area contributed by atoms with Gasteiger partial charge in [-0.2, -0.15) is 0 Å². The molecule has 1 aromatic heterocycles. The van der Waals surface area contributed by atoms with Gasteiger partial charge in [0.05, 0.1) is 6.33 Å². The SMILES string of the molecule is Cc1ccccc1CN(CCCn1ccnc1)C(=O)NC1CCCCC1. The summed E-state index contributed by atoms with van der Waals surface area (Å²) in [7, 11) is 0. The second kappa shape index (κ2) is 9.41. The number of amides is 2. The van der Waals surface area contributed by atoms with Crippen molar-refractivity contribution in [3.05, 3.63) is 54.1 Å². The van der Waals surface area contributed by atoms with Crippen LogP contribution in [0.1, 0.15) is 49.7 Å². The molecule has 0 spiro atoms. The first-order valence-electron chi connectivity index (χ1n) is 9.78. The average molecular weight is 354 g/mol. The van der Waals surface area contributed by atoms with Crippen LogP contribution in [0.5, 0.6) is 0 Å². The van der Waals surface area contributed by atoms with E-state index in [1.807, 2.05) is 29.6 Å². The molecule has 5 nitrogen and oxygen atoms in total.